The Morgan fingerprint density at radius 3 is 2.25 bits per heavy atom. The van der Waals surface area contributed by atoms with E-state index in [4.69, 9.17) is 4.74 Å². The number of methoxy groups -OCH3 is 1. The molecule has 0 N–H and O–H groups in total. The largest absolute Gasteiger partial charge is 0.504 e. The van der Waals surface area contributed by atoms with Crippen LogP contribution in [0.25, 0.3) is 0 Å². The Balaban J connectivity index is 3.21. The third-order valence-corrected chi connectivity index (χ3v) is 2.41. The Kier molecular flexibility index (Phi) is 13.2. The summed E-state index contributed by atoms with van der Waals surface area (Å²) in [6.07, 6.45) is 21.3. The van der Waals surface area contributed by atoms with E-state index in [0.29, 0.717) is 0 Å². The van der Waals surface area contributed by atoms with Gasteiger partial charge in [-0.25, -0.2) is 0 Å². The van der Waals surface area contributed by atoms with Crippen molar-refractivity contribution in [1.82, 2.24) is 0 Å². The molecular weight excluding hydrogens is 196 g/mol. The molecule has 0 atom stereocenters. The summed E-state index contributed by atoms with van der Waals surface area (Å²) in [7, 11) is 1.65. The van der Waals surface area contributed by atoms with E-state index in [-0.39, 0.29) is 0 Å². The predicted molar refractivity (Wildman–Crippen MR) is 72.4 cm³/mol. The minimum atomic E-state index is 1.20. The summed E-state index contributed by atoms with van der Waals surface area (Å²) in [6, 6.07) is 0. The van der Waals surface area contributed by atoms with Gasteiger partial charge in [-0.3, -0.25) is 0 Å². The van der Waals surface area contributed by atoms with E-state index in [1.54, 1.807) is 13.4 Å². The van der Waals surface area contributed by atoms with Gasteiger partial charge in [0.15, 0.2) is 0 Å². The molecule has 0 heterocycles. The van der Waals surface area contributed by atoms with Crippen LogP contribution in [0, 0.1) is 0 Å². The summed E-state index contributed by atoms with van der Waals surface area (Å²) < 4.78 is 4.78. The van der Waals surface area contributed by atoms with E-state index in [1.165, 1.54) is 44.9 Å². The lowest BCUT2D eigenvalue weighted by atomic mass is 10.1. The van der Waals surface area contributed by atoms with Crippen molar-refractivity contribution in [3.8, 4) is 0 Å². The normalized spacial score (nSPS) is 12.1. The molecule has 0 spiro atoms. The summed E-state index contributed by atoms with van der Waals surface area (Å²) in [5.41, 5.74) is 0. The number of ether oxygens (including phenoxy) is 1. The second kappa shape index (κ2) is 14.0. The molecule has 0 aromatic rings. The first-order valence-corrected chi connectivity index (χ1v) is 6.43. The van der Waals surface area contributed by atoms with Gasteiger partial charge < -0.3 is 4.74 Å². The van der Waals surface area contributed by atoms with Crippen LogP contribution in [-0.4, -0.2) is 7.11 Å². The zero-order chi connectivity index (χ0) is 11.9. The SMILES string of the molecule is CCCCCCCC/C=C/C=C/C=C/OC. The monoisotopic (exact) mass is 222 g/mol. The first-order chi connectivity index (χ1) is 7.91. The highest BCUT2D eigenvalue weighted by Gasteiger charge is 1.87. The predicted octanol–water partition coefficient (Wildman–Crippen LogP) is 5.01. The van der Waals surface area contributed by atoms with Crippen molar-refractivity contribution in [2.75, 3.05) is 7.11 Å². The lowest BCUT2D eigenvalue weighted by Gasteiger charge is -1.97. The van der Waals surface area contributed by atoms with Gasteiger partial charge in [-0.1, -0.05) is 63.3 Å². The molecule has 0 aromatic heterocycles. The van der Waals surface area contributed by atoms with Gasteiger partial charge in [-0.05, 0) is 18.9 Å². The van der Waals surface area contributed by atoms with Crippen LogP contribution in [-0.2, 0) is 4.74 Å². The first kappa shape index (κ1) is 15.0. The Bertz CT molecular complexity index is 201. The molecule has 0 saturated carbocycles. The quantitative estimate of drug-likeness (QED) is 0.287. The van der Waals surface area contributed by atoms with Crippen molar-refractivity contribution >= 4 is 0 Å². The average molecular weight is 222 g/mol. The highest BCUT2D eigenvalue weighted by molar-refractivity contribution is 5.09. The van der Waals surface area contributed by atoms with Crippen LogP contribution in [0.3, 0.4) is 0 Å². The molecule has 0 aliphatic carbocycles. The zero-order valence-corrected chi connectivity index (χ0v) is 10.8. The molecule has 0 bridgehead atoms. The maximum Gasteiger partial charge on any atom is 0.0824 e. The summed E-state index contributed by atoms with van der Waals surface area (Å²) in [5.74, 6) is 0. The van der Waals surface area contributed by atoms with E-state index in [9.17, 15) is 0 Å². The number of unbranched alkanes of at least 4 members (excludes halogenated alkanes) is 6. The van der Waals surface area contributed by atoms with Crippen molar-refractivity contribution < 1.29 is 4.74 Å². The molecule has 16 heavy (non-hydrogen) atoms. The molecule has 0 amide bonds. The first-order valence-electron chi connectivity index (χ1n) is 6.43. The fourth-order valence-corrected chi connectivity index (χ4v) is 1.47. The van der Waals surface area contributed by atoms with Gasteiger partial charge in [0, 0.05) is 0 Å². The highest BCUT2D eigenvalue weighted by atomic mass is 16.5. The van der Waals surface area contributed by atoms with Crippen molar-refractivity contribution in [2.24, 2.45) is 0 Å². The molecule has 0 saturated heterocycles. The number of rotatable bonds is 10. The average Bonchev–Trinajstić information content (AvgIpc) is 2.31. The zero-order valence-electron chi connectivity index (χ0n) is 10.8. The Morgan fingerprint density at radius 2 is 1.50 bits per heavy atom. The van der Waals surface area contributed by atoms with Crippen LogP contribution in [0.1, 0.15) is 51.9 Å². The number of allylic oxidation sites excluding steroid dienone is 5. The van der Waals surface area contributed by atoms with Crippen LogP contribution < -0.4 is 0 Å². The Labute approximate surface area is 101 Å². The van der Waals surface area contributed by atoms with E-state index in [1.807, 2.05) is 18.2 Å². The van der Waals surface area contributed by atoms with E-state index < -0.39 is 0 Å². The minimum absolute atomic E-state index is 1.20. The lowest BCUT2D eigenvalue weighted by Crippen LogP contribution is -1.77. The second-order valence-electron chi connectivity index (χ2n) is 3.93. The standard InChI is InChI=1S/C15H26O/c1-3-4-5-6-7-8-9-10-11-12-13-14-15-16-2/h10-15H,3-9H2,1-2H3/b11-10+,13-12+,15-14+. The number of hydrogen-bond acceptors (Lipinski definition) is 1. The molecular formula is C15H26O. The van der Waals surface area contributed by atoms with Crippen molar-refractivity contribution in [1.29, 1.82) is 0 Å². The van der Waals surface area contributed by atoms with Gasteiger partial charge in [-0.15, -0.1) is 0 Å². The van der Waals surface area contributed by atoms with Crippen LogP contribution >= 0.6 is 0 Å². The van der Waals surface area contributed by atoms with Gasteiger partial charge in [-0.2, -0.15) is 0 Å². The fourth-order valence-electron chi connectivity index (χ4n) is 1.47. The molecule has 0 aromatic carbocycles. The van der Waals surface area contributed by atoms with Crippen molar-refractivity contribution in [2.45, 2.75) is 51.9 Å². The van der Waals surface area contributed by atoms with Crippen LogP contribution in [0.2, 0.25) is 0 Å². The summed E-state index contributed by atoms with van der Waals surface area (Å²) in [4.78, 5) is 0. The Morgan fingerprint density at radius 1 is 0.812 bits per heavy atom. The van der Waals surface area contributed by atoms with E-state index in [2.05, 4.69) is 19.1 Å². The van der Waals surface area contributed by atoms with Crippen LogP contribution in [0.5, 0.6) is 0 Å². The summed E-state index contributed by atoms with van der Waals surface area (Å²) in [5, 5.41) is 0. The molecule has 92 valence electrons. The van der Waals surface area contributed by atoms with Gasteiger partial charge in [0.2, 0.25) is 0 Å². The summed E-state index contributed by atoms with van der Waals surface area (Å²) in [6.45, 7) is 2.26. The minimum Gasteiger partial charge on any atom is -0.504 e. The van der Waals surface area contributed by atoms with E-state index >= 15 is 0 Å². The molecule has 0 aliphatic heterocycles. The lowest BCUT2D eigenvalue weighted by molar-refractivity contribution is 0.338. The van der Waals surface area contributed by atoms with E-state index in [0.717, 1.165) is 0 Å². The van der Waals surface area contributed by atoms with Gasteiger partial charge in [0.1, 0.15) is 0 Å². The third kappa shape index (κ3) is 13.0. The van der Waals surface area contributed by atoms with Crippen molar-refractivity contribution in [3.63, 3.8) is 0 Å². The molecule has 0 unspecified atom stereocenters. The van der Waals surface area contributed by atoms with Crippen LogP contribution in [0.4, 0.5) is 0 Å². The van der Waals surface area contributed by atoms with Crippen LogP contribution in [0.15, 0.2) is 36.6 Å². The highest BCUT2D eigenvalue weighted by Crippen LogP contribution is 2.07. The van der Waals surface area contributed by atoms with Crippen molar-refractivity contribution in [3.05, 3.63) is 36.6 Å². The third-order valence-electron chi connectivity index (χ3n) is 2.41. The topological polar surface area (TPSA) is 9.23 Å². The number of hydrogen-bond donors (Lipinski definition) is 0. The van der Waals surface area contributed by atoms with Gasteiger partial charge in [0.05, 0.1) is 13.4 Å². The summed E-state index contributed by atoms with van der Waals surface area (Å²) >= 11 is 0. The molecule has 0 aliphatic rings. The molecule has 1 heteroatoms. The van der Waals surface area contributed by atoms with Gasteiger partial charge in [0.25, 0.3) is 0 Å². The maximum atomic E-state index is 4.78. The maximum absolute atomic E-state index is 4.78. The Hall–Kier alpha value is -0.980. The fraction of sp³-hybridized carbons (Fsp3) is 0.600. The molecule has 0 radical (unpaired) electrons. The molecule has 0 rings (SSSR count). The smallest absolute Gasteiger partial charge is 0.0824 e. The second-order valence-corrected chi connectivity index (χ2v) is 3.93. The van der Waals surface area contributed by atoms with Gasteiger partial charge >= 0.3 is 0 Å². The molecule has 0 fully saturated rings. The molecule has 1 nitrogen and oxygen atoms in total.